The summed E-state index contributed by atoms with van der Waals surface area (Å²) in [5.74, 6) is -0.910. The third kappa shape index (κ3) is 3.44. The molecule has 0 fully saturated rings. The zero-order valence-corrected chi connectivity index (χ0v) is 9.57. The van der Waals surface area contributed by atoms with Gasteiger partial charge in [0.2, 0.25) is 0 Å². The van der Waals surface area contributed by atoms with Crippen LogP contribution in [-0.4, -0.2) is 32.8 Å². The Labute approximate surface area is 98.3 Å². The van der Waals surface area contributed by atoms with Gasteiger partial charge in [-0.25, -0.2) is 4.39 Å². The molecule has 0 atom stereocenters. The second kappa shape index (κ2) is 5.83. The average molecular weight is 240 g/mol. The summed E-state index contributed by atoms with van der Waals surface area (Å²) in [6.07, 6.45) is 0. The van der Waals surface area contributed by atoms with Gasteiger partial charge in [-0.2, -0.15) is 0 Å². The monoisotopic (exact) mass is 240 g/mol. The average Bonchev–Trinajstić information content (AvgIpc) is 2.36. The van der Waals surface area contributed by atoms with Crippen molar-refractivity contribution in [2.45, 2.75) is 0 Å². The summed E-state index contributed by atoms with van der Waals surface area (Å²) in [4.78, 5) is 12.5. The van der Waals surface area contributed by atoms with Gasteiger partial charge in [0.1, 0.15) is 12.4 Å². The van der Waals surface area contributed by atoms with Gasteiger partial charge in [-0.05, 0) is 24.3 Å². The molecule has 0 spiro atoms. The van der Waals surface area contributed by atoms with Crippen LogP contribution in [0.5, 0.6) is 0 Å². The van der Waals surface area contributed by atoms with Gasteiger partial charge < -0.3 is 9.47 Å². The third-order valence-electron chi connectivity index (χ3n) is 2.09. The SMILES string of the molecule is COC(=N)N(CC(=O)OC)c1ccc(F)cc1. The number of hydrogen-bond donors (Lipinski definition) is 1. The van der Waals surface area contributed by atoms with Crippen molar-refractivity contribution in [2.24, 2.45) is 0 Å². The van der Waals surface area contributed by atoms with Gasteiger partial charge in [-0.3, -0.25) is 15.1 Å². The summed E-state index contributed by atoms with van der Waals surface area (Å²) in [6, 6.07) is 5.16. The van der Waals surface area contributed by atoms with Gasteiger partial charge in [0, 0.05) is 5.69 Å². The van der Waals surface area contributed by atoms with Crippen molar-refractivity contribution in [1.82, 2.24) is 0 Å². The molecule has 0 aliphatic rings. The molecule has 0 amide bonds. The van der Waals surface area contributed by atoms with E-state index in [1.165, 1.54) is 43.4 Å². The van der Waals surface area contributed by atoms with Crippen molar-refractivity contribution in [1.29, 1.82) is 5.41 Å². The van der Waals surface area contributed by atoms with E-state index in [1.54, 1.807) is 0 Å². The molecular weight excluding hydrogens is 227 g/mol. The lowest BCUT2D eigenvalue weighted by Gasteiger charge is -2.22. The van der Waals surface area contributed by atoms with Gasteiger partial charge >= 0.3 is 5.97 Å². The Hall–Kier alpha value is -2.11. The van der Waals surface area contributed by atoms with Crippen LogP contribution in [0.1, 0.15) is 0 Å². The lowest BCUT2D eigenvalue weighted by Crippen LogP contribution is -2.36. The quantitative estimate of drug-likeness (QED) is 0.492. The fourth-order valence-corrected chi connectivity index (χ4v) is 1.21. The Morgan fingerprint density at radius 3 is 2.35 bits per heavy atom. The molecule has 1 aromatic rings. The van der Waals surface area contributed by atoms with E-state index in [4.69, 9.17) is 10.1 Å². The largest absolute Gasteiger partial charge is 0.468 e. The number of carbonyl (C=O) groups excluding carboxylic acids is 1. The Balaban J connectivity index is 2.93. The van der Waals surface area contributed by atoms with E-state index in [2.05, 4.69) is 4.74 Å². The predicted molar refractivity (Wildman–Crippen MR) is 60.5 cm³/mol. The fourth-order valence-electron chi connectivity index (χ4n) is 1.21. The van der Waals surface area contributed by atoms with Crippen LogP contribution in [0.4, 0.5) is 10.1 Å². The highest BCUT2D eigenvalue weighted by Crippen LogP contribution is 2.15. The molecule has 92 valence electrons. The first kappa shape index (κ1) is 13.0. The van der Waals surface area contributed by atoms with Gasteiger partial charge in [0.05, 0.1) is 14.2 Å². The van der Waals surface area contributed by atoms with Crippen molar-refractivity contribution in [2.75, 3.05) is 25.7 Å². The lowest BCUT2D eigenvalue weighted by molar-refractivity contribution is -0.138. The Morgan fingerprint density at radius 1 is 1.29 bits per heavy atom. The van der Waals surface area contributed by atoms with Crippen LogP contribution >= 0.6 is 0 Å². The van der Waals surface area contributed by atoms with Crippen LogP contribution in [0, 0.1) is 11.2 Å². The maximum absolute atomic E-state index is 12.8. The summed E-state index contributed by atoms with van der Waals surface area (Å²) >= 11 is 0. The van der Waals surface area contributed by atoms with Crippen LogP contribution in [0.25, 0.3) is 0 Å². The first-order valence-corrected chi connectivity index (χ1v) is 4.81. The van der Waals surface area contributed by atoms with Crippen LogP contribution in [-0.2, 0) is 14.3 Å². The fraction of sp³-hybridized carbons (Fsp3) is 0.273. The molecule has 0 heterocycles. The standard InChI is InChI=1S/C11H13FN2O3/c1-16-10(15)7-14(11(13)17-2)9-5-3-8(12)4-6-9/h3-6,13H,7H2,1-2H3. The maximum Gasteiger partial charge on any atom is 0.325 e. The molecule has 1 N–H and O–H groups in total. The van der Waals surface area contributed by atoms with Crippen molar-refractivity contribution in [3.8, 4) is 0 Å². The number of nitrogens with one attached hydrogen (secondary N) is 1. The first-order chi connectivity index (χ1) is 8.08. The number of halogens is 1. The van der Waals surface area contributed by atoms with Gasteiger partial charge in [0.15, 0.2) is 0 Å². The number of methoxy groups -OCH3 is 2. The number of anilines is 1. The smallest absolute Gasteiger partial charge is 0.325 e. The van der Waals surface area contributed by atoms with Gasteiger partial charge in [0.25, 0.3) is 6.02 Å². The Morgan fingerprint density at radius 2 is 1.88 bits per heavy atom. The Bertz CT molecular complexity index is 406. The van der Waals surface area contributed by atoms with E-state index >= 15 is 0 Å². The highest BCUT2D eigenvalue weighted by Gasteiger charge is 2.17. The highest BCUT2D eigenvalue weighted by molar-refractivity contribution is 5.94. The van der Waals surface area contributed by atoms with E-state index < -0.39 is 11.8 Å². The molecule has 0 bridgehead atoms. The lowest BCUT2D eigenvalue weighted by atomic mass is 10.3. The molecule has 0 radical (unpaired) electrons. The molecule has 6 heteroatoms. The zero-order valence-electron chi connectivity index (χ0n) is 9.57. The topological polar surface area (TPSA) is 62.6 Å². The van der Waals surface area contributed by atoms with E-state index in [0.717, 1.165) is 0 Å². The summed E-state index contributed by atoms with van der Waals surface area (Å²) in [5.41, 5.74) is 0.476. The van der Waals surface area contributed by atoms with E-state index in [-0.39, 0.29) is 12.6 Å². The second-order valence-corrected chi connectivity index (χ2v) is 3.15. The van der Waals surface area contributed by atoms with E-state index in [1.807, 2.05) is 0 Å². The summed E-state index contributed by atoms with van der Waals surface area (Å²) in [5, 5.41) is 7.56. The number of esters is 1. The molecule has 0 aliphatic carbocycles. The van der Waals surface area contributed by atoms with Crippen LogP contribution in [0.15, 0.2) is 24.3 Å². The molecule has 0 aliphatic heterocycles. The number of rotatable bonds is 3. The van der Waals surface area contributed by atoms with Crippen LogP contribution < -0.4 is 4.90 Å². The van der Waals surface area contributed by atoms with Crippen molar-refractivity contribution < 1.29 is 18.7 Å². The van der Waals surface area contributed by atoms with Crippen molar-refractivity contribution in [3.63, 3.8) is 0 Å². The Kier molecular flexibility index (Phi) is 4.45. The minimum atomic E-state index is -0.517. The third-order valence-corrected chi connectivity index (χ3v) is 2.09. The van der Waals surface area contributed by atoms with Crippen LogP contribution in [0.2, 0.25) is 0 Å². The summed E-state index contributed by atoms with van der Waals surface area (Å²) in [7, 11) is 2.57. The number of hydrogen-bond acceptors (Lipinski definition) is 4. The molecule has 1 aromatic carbocycles. The normalized spacial score (nSPS) is 9.59. The van der Waals surface area contributed by atoms with Crippen LogP contribution in [0.3, 0.4) is 0 Å². The number of amidine groups is 1. The second-order valence-electron chi connectivity index (χ2n) is 3.15. The van der Waals surface area contributed by atoms with Gasteiger partial charge in [-0.15, -0.1) is 0 Å². The molecule has 0 saturated carbocycles. The minimum Gasteiger partial charge on any atom is -0.468 e. The minimum absolute atomic E-state index is 0.172. The molecule has 0 unspecified atom stereocenters. The molecule has 5 nitrogen and oxygen atoms in total. The maximum atomic E-state index is 12.8. The first-order valence-electron chi connectivity index (χ1n) is 4.81. The number of benzene rings is 1. The number of ether oxygens (including phenoxy) is 2. The predicted octanol–water partition coefficient (Wildman–Crippen LogP) is 1.39. The molecule has 1 rings (SSSR count). The molecule has 0 saturated heterocycles. The van der Waals surface area contributed by atoms with E-state index in [0.29, 0.717) is 5.69 Å². The molecule has 0 aromatic heterocycles. The highest BCUT2D eigenvalue weighted by atomic mass is 19.1. The number of nitrogens with zero attached hydrogens (tertiary/aromatic N) is 1. The summed E-state index contributed by atoms with van der Waals surface area (Å²) < 4.78 is 22.0. The van der Waals surface area contributed by atoms with Crippen molar-refractivity contribution in [3.05, 3.63) is 30.1 Å². The molecule has 17 heavy (non-hydrogen) atoms. The molecular formula is C11H13FN2O3. The van der Waals surface area contributed by atoms with Gasteiger partial charge in [-0.1, -0.05) is 0 Å². The van der Waals surface area contributed by atoms with Crippen molar-refractivity contribution >= 4 is 17.7 Å². The van der Waals surface area contributed by atoms with E-state index in [9.17, 15) is 9.18 Å². The zero-order chi connectivity index (χ0) is 12.8. The number of carbonyl (C=O) groups is 1. The summed E-state index contributed by atoms with van der Waals surface area (Å²) in [6.45, 7) is -0.172.